The molecule has 0 unspecified atom stereocenters. The lowest BCUT2D eigenvalue weighted by atomic mass is 10.1. The number of hydrogen-bond acceptors (Lipinski definition) is 2. The molecule has 4 nitrogen and oxygen atoms in total. The van der Waals surface area contributed by atoms with Gasteiger partial charge in [-0.2, -0.15) is 0 Å². The summed E-state index contributed by atoms with van der Waals surface area (Å²) in [5, 5.41) is 2.69. The van der Waals surface area contributed by atoms with E-state index < -0.39 is 0 Å². The maximum absolute atomic E-state index is 12.2. The van der Waals surface area contributed by atoms with E-state index in [1.807, 2.05) is 4.90 Å². The summed E-state index contributed by atoms with van der Waals surface area (Å²) in [5.74, 6) is -0.0193. The predicted octanol–water partition coefficient (Wildman–Crippen LogP) is 2.27. The Morgan fingerprint density at radius 1 is 1.06 bits per heavy atom. The standard InChI is InChI=1S/C14H18N2O2/c1-11(17)15-13-7-5-12(6-8-13)14(18)16-9-3-2-4-10-16/h5-8H,2-4,9-10H2,1H3,(H,15,17). The third-order valence-electron chi connectivity index (χ3n) is 3.10. The van der Waals surface area contributed by atoms with Crippen molar-refractivity contribution >= 4 is 17.5 Å². The molecule has 0 bridgehead atoms. The van der Waals surface area contributed by atoms with E-state index >= 15 is 0 Å². The van der Waals surface area contributed by atoms with E-state index in [1.165, 1.54) is 13.3 Å². The lowest BCUT2D eigenvalue weighted by Gasteiger charge is -2.26. The van der Waals surface area contributed by atoms with Crippen molar-refractivity contribution in [3.63, 3.8) is 0 Å². The Morgan fingerprint density at radius 2 is 1.67 bits per heavy atom. The molecule has 1 heterocycles. The highest BCUT2D eigenvalue weighted by Gasteiger charge is 2.17. The van der Waals surface area contributed by atoms with Crippen LogP contribution in [0.4, 0.5) is 5.69 Å². The van der Waals surface area contributed by atoms with Crippen molar-refractivity contribution < 1.29 is 9.59 Å². The Morgan fingerprint density at radius 3 is 2.22 bits per heavy atom. The maximum Gasteiger partial charge on any atom is 0.253 e. The van der Waals surface area contributed by atoms with Crippen LogP contribution in [0.15, 0.2) is 24.3 Å². The number of piperidine rings is 1. The Bertz CT molecular complexity index is 434. The number of carbonyl (C=O) groups excluding carboxylic acids is 2. The molecule has 2 rings (SSSR count). The van der Waals surface area contributed by atoms with Crippen LogP contribution in [0.1, 0.15) is 36.5 Å². The van der Waals surface area contributed by atoms with E-state index in [4.69, 9.17) is 0 Å². The van der Waals surface area contributed by atoms with Gasteiger partial charge in [-0.25, -0.2) is 0 Å². The SMILES string of the molecule is CC(=O)Nc1ccc(C(=O)N2CCCCC2)cc1. The molecule has 1 aliphatic heterocycles. The summed E-state index contributed by atoms with van der Waals surface area (Å²) < 4.78 is 0. The topological polar surface area (TPSA) is 49.4 Å². The predicted molar refractivity (Wildman–Crippen MR) is 70.5 cm³/mol. The minimum Gasteiger partial charge on any atom is -0.339 e. The largest absolute Gasteiger partial charge is 0.339 e. The molecule has 18 heavy (non-hydrogen) atoms. The monoisotopic (exact) mass is 246 g/mol. The quantitative estimate of drug-likeness (QED) is 0.870. The molecule has 1 aromatic carbocycles. The van der Waals surface area contributed by atoms with Gasteiger partial charge in [0.15, 0.2) is 0 Å². The Balaban J connectivity index is 2.04. The molecule has 0 aliphatic carbocycles. The van der Waals surface area contributed by atoms with E-state index in [0.29, 0.717) is 5.56 Å². The van der Waals surface area contributed by atoms with Crippen molar-refractivity contribution in [2.75, 3.05) is 18.4 Å². The molecule has 0 atom stereocenters. The van der Waals surface area contributed by atoms with Gasteiger partial charge >= 0.3 is 0 Å². The molecule has 96 valence electrons. The molecular formula is C14H18N2O2. The number of carbonyl (C=O) groups is 2. The minimum atomic E-state index is -0.106. The van der Waals surface area contributed by atoms with Crippen LogP contribution in [-0.2, 0) is 4.79 Å². The molecular weight excluding hydrogens is 228 g/mol. The molecule has 4 heteroatoms. The van der Waals surface area contributed by atoms with E-state index in [1.54, 1.807) is 24.3 Å². The average molecular weight is 246 g/mol. The molecule has 1 saturated heterocycles. The third kappa shape index (κ3) is 3.09. The van der Waals surface area contributed by atoms with Crippen molar-refractivity contribution in [1.82, 2.24) is 4.90 Å². The lowest BCUT2D eigenvalue weighted by molar-refractivity contribution is -0.114. The molecule has 1 fully saturated rings. The van der Waals surface area contributed by atoms with Gasteiger partial charge in [0.1, 0.15) is 0 Å². The van der Waals surface area contributed by atoms with Crippen LogP contribution in [-0.4, -0.2) is 29.8 Å². The first-order valence-electron chi connectivity index (χ1n) is 6.34. The zero-order chi connectivity index (χ0) is 13.0. The number of rotatable bonds is 2. The summed E-state index contributed by atoms with van der Waals surface area (Å²) in [4.78, 5) is 25.0. The molecule has 0 spiro atoms. The van der Waals surface area contributed by atoms with Crippen LogP contribution in [0.3, 0.4) is 0 Å². The first-order chi connectivity index (χ1) is 8.66. The van der Waals surface area contributed by atoms with Gasteiger partial charge in [0.2, 0.25) is 5.91 Å². The lowest BCUT2D eigenvalue weighted by Crippen LogP contribution is -2.35. The fourth-order valence-corrected chi connectivity index (χ4v) is 2.18. The summed E-state index contributed by atoms with van der Waals surface area (Å²) in [6.45, 7) is 3.17. The smallest absolute Gasteiger partial charge is 0.253 e. The summed E-state index contributed by atoms with van der Waals surface area (Å²) >= 11 is 0. The van der Waals surface area contributed by atoms with Gasteiger partial charge in [-0.3, -0.25) is 9.59 Å². The van der Waals surface area contributed by atoms with E-state index in [2.05, 4.69) is 5.32 Å². The number of likely N-dealkylation sites (tertiary alicyclic amines) is 1. The molecule has 0 saturated carbocycles. The Labute approximate surface area is 107 Å². The second-order valence-electron chi connectivity index (χ2n) is 4.61. The van der Waals surface area contributed by atoms with Crippen LogP contribution >= 0.6 is 0 Å². The zero-order valence-electron chi connectivity index (χ0n) is 10.6. The highest BCUT2D eigenvalue weighted by molar-refractivity contribution is 5.95. The van der Waals surface area contributed by atoms with Crippen molar-refractivity contribution in [2.24, 2.45) is 0 Å². The van der Waals surface area contributed by atoms with Crippen LogP contribution in [0.2, 0.25) is 0 Å². The van der Waals surface area contributed by atoms with Crippen molar-refractivity contribution in [2.45, 2.75) is 26.2 Å². The number of hydrogen-bond donors (Lipinski definition) is 1. The number of nitrogens with one attached hydrogen (secondary N) is 1. The average Bonchev–Trinajstić information content (AvgIpc) is 2.39. The highest BCUT2D eigenvalue weighted by atomic mass is 16.2. The fraction of sp³-hybridized carbons (Fsp3) is 0.429. The van der Waals surface area contributed by atoms with Crippen LogP contribution in [0.25, 0.3) is 0 Å². The maximum atomic E-state index is 12.2. The van der Waals surface area contributed by atoms with Gasteiger partial charge in [0.25, 0.3) is 5.91 Å². The second kappa shape index (κ2) is 5.67. The van der Waals surface area contributed by atoms with Crippen molar-refractivity contribution in [1.29, 1.82) is 0 Å². The summed E-state index contributed by atoms with van der Waals surface area (Å²) in [6.07, 6.45) is 3.40. The van der Waals surface area contributed by atoms with Gasteiger partial charge in [0.05, 0.1) is 0 Å². The van der Waals surface area contributed by atoms with Crippen LogP contribution < -0.4 is 5.32 Å². The van der Waals surface area contributed by atoms with Crippen molar-refractivity contribution in [3.8, 4) is 0 Å². The fourth-order valence-electron chi connectivity index (χ4n) is 2.18. The van der Waals surface area contributed by atoms with Crippen LogP contribution in [0.5, 0.6) is 0 Å². The number of amides is 2. The molecule has 1 aliphatic rings. The molecule has 0 radical (unpaired) electrons. The molecule has 0 aromatic heterocycles. The van der Waals surface area contributed by atoms with Crippen molar-refractivity contribution in [3.05, 3.63) is 29.8 Å². The Hall–Kier alpha value is -1.84. The minimum absolute atomic E-state index is 0.0871. The molecule has 1 N–H and O–H groups in total. The number of anilines is 1. The van der Waals surface area contributed by atoms with Gasteiger partial charge in [-0.05, 0) is 43.5 Å². The van der Waals surface area contributed by atoms with Gasteiger partial charge in [-0.1, -0.05) is 0 Å². The second-order valence-corrected chi connectivity index (χ2v) is 4.61. The van der Waals surface area contributed by atoms with Crippen LogP contribution in [0, 0.1) is 0 Å². The molecule has 2 amide bonds. The Kier molecular flexibility index (Phi) is 3.97. The first-order valence-corrected chi connectivity index (χ1v) is 6.34. The summed E-state index contributed by atoms with van der Waals surface area (Å²) in [7, 11) is 0. The first kappa shape index (κ1) is 12.6. The van der Waals surface area contributed by atoms with Gasteiger partial charge < -0.3 is 10.2 Å². The normalized spacial score (nSPS) is 15.3. The van der Waals surface area contributed by atoms with E-state index in [9.17, 15) is 9.59 Å². The zero-order valence-corrected chi connectivity index (χ0v) is 10.6. The highest BCUT2D eigenvalue weighted by Crippen LogP contribution is 2.15. The number of benzene rings is 1. The summed E-state index contributed by atoms with van der Waals surface area (Å²) in [6, 6.07) is 7.06. The van der Waals surface area contributed by atoms with Gasteiger partial charge in [0, 0.05) is 31.3 Å². The van der Waals surface area contributed by atoms with E-state index in [-0.39, 0.29) is 11.8 Å². The number of nitrogens with zero attached hydrogens (tertiary/aromatic N) is 1. The third-order valence-corrected chi connectivity index (χ3v) is 3.10. The van der Waals surface area contributed by atoms with Gasteiger partial charge in [-0.15, -0.1) is 0 Å². The molecule has 1 aromatic rings. The van der Waals surface area contributed by atoms with E-state index in [0.717, 1.165) is 31.6 Å². The summed E-state index contributed by atoms with van der Waals surface area (Å²) in [5.41, 5.74) is 1.41.